The second-order valence-electron chi connectivity index (χ2n) is 3.51. The number of nitrogens with one attached hydrogen (secondary N) is 1. The Labute approximate surface area is 106 Å². The molecular formula is C10H11N3O2S2. The zero-order valence-electron chi connectivity index (χ0n) is 9.30. The molecule has 2 aromatic rings. The minimum Gasteiger partial charge on any atom is -0.477 e. The third-order valence-electron chi connectivity index (χ3n) is 2.07. The lowest BCUT2D eigenvalue weighted by atomic mass is 10.4. The van der Waals surface area contributed by atoms with Crippen molar-refractivity contribution in [3.63, 3.8) is 0 Å². The number of aromatic nitrogens is 2. The first kappa shape index (κ1) is 12.0. The summed E-state index contributed by atoms with van der Waals surface area (Å²) in [5, 5.41) is 13.5. The van der Waals surface area contributed by atoms with Gasteiger partial charge in [0.1, 0.15) is 9.88 Å². The lowest BCUT2D eigenvalue weighted by molar-refractivity contribution is 0.0702. The minimum absolute atomic E-state index is 0.0292. The van der Waals surface area contributed by atoms with Gasteiger partial charge in [0, 0.05) is 11.1 Å². The van der Waals surface area contributed by atoms with Gasteiger partial charge in [0.2, 0.25) is 0 Å². The van der Waals surface area contributed by atoms with Gasteiger partial charge in [-0.05, 0) is 13.8 Å². The summed E-state index contributed by atoms with van der Waals surface area (Å²) in [5.74, 6) is -0.951. The number of aryl methyl sites for hydroxylation is 1. The number of aromatic carboxylic acids is 1. The normalized spacial score (nSPS) is 12.4. The first-order chi connectivity index (χ1) is 8.06. The maximum atomic E-state index is 10.7. The molecular weight excluding hydrogens is 258 g/mol. The summed E-state index contributed by atoms with van der Waals surface area (Å²) in [7, 11) is 0. The minimum atomic E-state index is -0.951. The zero-order chi connectivity index (χ0) is 12.4. The van der Waals surface area contributed by atoms with Gasteiger partial charge in [-0.3, -0.25) is 0 Å². The highest BCUT2D eigenvalue weighted by atomic mass is 32.1. The average molecular weight is 269 g/mol. The highest BCUT2D eigenvalue weighted by Crippen LogP contribution is 2.25. The average Bonchev–Trinajstić information content (AvgIpc) is 2.86. The molecule has 1 unspecified atom stereocenters. The predicted molar refractivity (Wildman–Crippen MR) is 68.0 cm³/mol. The summed E-state index contributed by atoms with van der Waals surface area (Å²) in [6.45, 7) is 3.97. The van der Waals surface area contributed by atoms with Gasteiger partial charge < -0.3 is 10.4 Å². The van der Waals surface area contributed by atoms with Crippen molar-refractivity contribution in [3.05, 3.63) is 27.2 Å². The monoisotopic (exact) mass is 269 g/mol. The molecule has 7 heteroatoms. The van der Waals surface area contributed by atoms with E-state index in [1.54, 1.807) is 11.3 Å². The molecule has 2 heterocycles. The molecule has 0 amide bonds. The van der Waals surface area contributed by atoms with E-state index in [1.807, 2.05) is 20.0 Å². The fourth-order valence-electron chi connectivity index (χ4n) is 1.26. The molecule has 0 saturated heterocycles. The van der Waals surface area contributed by atoms with Crippen LogP contribution in [0.25, 0.3) is 0 Å². The van der Waals surface area contributed by atoms with Crippen LogP contribution in [0.2, 0.25) is 0 Å². The quantitative estimate of drug-likeness (QED) is 0.892. The summed E-state index contributed by atoms with van der Waals surface area (Å²) in [6.07, 6.45) is 3.18. The number of nitrogens with zero attached hydrogens (tertiary/aromatic N) is 2. The highest BCUT2D eigenvalue weighted by Gasteiger charge is 2.13. The van der Waals surface area contributed by atoms with Crippen molar-refractivity contribution in [1.29, 1.82) is 0 Å². The topological polar surface area (TPSA) is 75.1 Å². The number of anilines is 1. The van der Waals surface area contributed by atoms with Crippen molar-refractivity contribution in [2.24, 2.45) is 0 Å². The van der Waals surface area contributed by atoms with E-state index in [1.165, 1.54) is 6.20 Å². The number of hydrogen-bond donors (Lipinski definition) is 2. The molecule has 0 aliphatic rings. The molecule has 0 aromatic carbocycles. The molecule has 17 heavy (non-hydrogen) atoms. The second kappa shape index (κ2) is 4.80. The first-order valence-electron chi connectivity index (χ1n) is 4.94. The Hall–Kier alpha value is -1.47. The third kappa shape index (κ3) is 2.80. The zero-order valence-corrected chi connectivity index (χ0v) is 10.9. The van der Waals surface area contributed by atoms with E-state index in [2.05, 4.69) is 15.3 Å². The van der Waals surface area contributed by atoms with E-state index >= 15 is 0 Å². The van der Waals surface area contributed by atoms with Gasteiger partial charge in [-0.1, -0.05) is 11.3 Å². The van der Waals surface area contributed by atoms with E-state index in [9.17, 15) is 4.79 Å². The van der Waals surface area contributed by atoms with Crippen LogP contribution in [0.15, 0.2) is 12.4 Å². The lowest BCUT2D eigenvalue weighted by Gasteiger charge is -2.08. The van der Waals surface area contributed by atoms with Gasteiger partial charge >= 0.3 is 5.97 Å². The number of thiazole rings is 2. The maximum Gasteiger partial charge on any atom is 0.347 e. The van der Waals surface area contributed by atoms with Crippen LogP contribution < -0.4 is 5.32 Å². The van der Waals surface area contributed by atoms with Crippen LogP contribution >= 0.6 is 22.7 Å². The molecule has 0 aliphatic carbocycles. The Bertz CT molecular complexity index is 535. The Morgan fingerprint density at radius 2 is 2.18 bits per heavy atom. The Kier molecular flexibility index (Phi) is 3.39. The van der Waals surface area contributed by atoms with Crippen molar-refractivity contribution >= 4 is 33.8 Å². The van der Waals surface area contributed by atoms with Crippen molar-refractivity contribution in [2.45, 2.75) is 19.9 Å². The van der Waals surface area contributed by atoms with Crippen molar-refractivity contribution < 1.29 is 9.90 Å². The Balaban J connectivity index is 2.07. The lowest BCUT2D eigenvalue weighted by Crippen LogP contribution is -2.05. The maximum absolute atomic E-state index is 10.7. The molecule has 0 bridgehead atoms. The van der Waals surface area contributed by atoms with Gasteiger partial charge in [0.25, 0.3) is 0 Å². The molecule has 0 radical (unpaired) electrons. The first-order valence-corrected chi connectivity index (χ1v) is 6.57. The second-order valence-corrected chi connectivity index (χ2v) is 5.81. The van der Waals surface area contributed by atoms with Crippen molar-refractivity contribution in [2.75, 3.05) is 5.32 Å². The molecule has 1 atom stereocenters. The molecule has 5 nitrogen and oxygen atoms in total. The standard InChI is InChI=1S/C10H11N3O2S2/c1-5-3-11-8(16-5)6(2)13-10-12-4-7(17-10)9(14)15/h3-4,6H,1-2H3,(H,12,13)(H,14,15). The van der Waals surface area contributed by atoms with Crippen LogP contribution in [0.5, 0.6) is 0 Å². The van der Waals surface area contributed by atoms with Crippen molar-refractivity contribution in [3.8, 4) is 0 Å². The van der Waals surface area contributed by atoms with Crippen LogP contribution in [-0.4, -0.2) is 21.0 Å². The number of rotatable bonds is 4. The fourth-order valence-corrected chi connectivity index (χ4v) is 2.78. The molecule has 2 aromatic heterocycles. The summed E-state index contributed by atoms with van der Waals surface area (Å²) >= 11 is 2.74. The van der Waals surface area contributed by atoms with Crippen LogP contribution in [-0.2, 0) is 0 Å². The predicted octanol–water partition coefficient (Wildman–Crippen LogP) is 2.78. The molecule has 0 fully saturated rings. The van der Waals surface area contributed by atoms with Crippen molar-refractivity contribution in [1.82, 2.24) is 9.97 Å². The highest BCUT2D eigenvalue weighted by molar-refractivity contribution is 7.17. The number of carboxylic acid groups (broad SMARTS) is 1. The van der Waals surface area contributed by atoms with Gasteiger partial charge in [0.05, 0.1) is 12.2 Å². The third-order valence-corrected chi connectivity index (χ3v) is 4.08. The van der Waals surface area contributed by atoms with Crippen LogP contribution in [0.1, 0.15) is 32.5 Å². The van der Waals surface area contributed by atoms with E-state index in [0.717, 1.165) is 21.2 Å². The number of hydrogen-bond acceptors (Lipinski definition) is 6. The number of carbonyl (C=O) groups is 1. The van der Waals surface area contributed by atoms with Gasteiger partial charge in [-0.25, -0.2) is 14.8 Å². The summed E-state index contributed by atoms with van der Waals surface area (Å²) in [5.41, 5.74) is 0. The summed E-state index contributed by atoms with van der Waals surface area (Å²) in [6, 6.07) is 0.0292. The largest absolute Gasteiger partial charge is 0.477 e. The van der Waals surface area contributed by atoms with Gasteiger partial charge in [-0.15, -0.1) is 11.3 Å². The van der Waals surface area contributed by atoms with E-state index < -0.39 is 5.97 Å². The smallest absolute Gasteiger partial charge is 0.347 e. The molecule has 2 rings (SSSR count). The molecule has 0 spiro atoms. The van der Waals surface area contributed by atoms with Crippen LogP contribution in [0.3, 0.4) is 0 Å². The Morgan fingerprint density at radius 3 is 2.71 bits per heavy atom. The van der Waals surface area contributed by atoms with Gasteiger partial charge in [-0.2, -0.15) is 0 Å². The Morgan fingerprint density at radius 1 is 1.41 bits per heavy atom. The van der Waals surface area contributed by atoms with Gasteiger partial charge in [0.15, 0.2) is 5.13 Å². The summed E-state index contributed by atoms with van der Waals surface area (Å²) in [4.78, 5) is 20.4. The molecule has 0 saturated carbocycles. The molecule has 2 N–H and O–H groups in total. The SMILES string of the molecule is Cc1cnc(C(C)Nc2ncc(C(=O)O)s2)s1. The van der Waals surface area contributed by atoms with E-state index in [4.69, 9.17) is 5.11 Å². The van der Waals surface area contributed by atoms with E-state index in [-0.39, 0.29) is 10.9 Å². The van der Waals surface area contributed by atoms with Crippen LogP contribution in [0.4, 0.5) is 5.13 Å². The molecule has 0 aliphatic heterocycles. The van der Waals surface area contributed by atoms with Crippen LogP contribution in [0, 0.1) is 6.92 Å². The number of carboxylic acids is 1. The van der Waals surface area contributed by atoms with E-state index in [0.29, 0.717) is 5.13 Å². The summed E-state index contributed by atoms with van der Waals surface area (Å²) < 4.78 is 0. The fraction of sp³-hybridized carbons (Fsp3) is 0.300. The molecule has 90 valence electrons.